The fourth-order valence-electron chi connectivity index (χ4n) is 2.97. The van der Waals surface area contributed by atoms with Gasteiger partial charge in [0.1, 0.15) is 12.1 Å². The summed E-state index contributed by atoms with van der Waals surface area (Å²) in [6, 6.07) is 11.6. The minimum atomic E-state index is 0.178. The fraction of sp³-hybridized carbons (Fsp3) is 0.300. The molecule has 0 unspecified atom stereocenters. The summed E-state index contributed by atoms with van der Waals surface area (Å²) in [5.74, 6) is 1.32. The molecule has 0 aliphatic carbocycles. The second-order valence-corrected chi connectivity index (χ2v) is 5.97. The number of rotatable bonds is 7. The van der Waals surface area contributed by atoms with Crippen LogP contribution in [0.2, 0.25) is 0 Å². The molecule has 0 saturated heterocycles. The van der Waals surface area contributed by atoms with Gasteiger partial charge in [-0.1, -0.05) is 38.0 Å². The summed E-state index contributed by atoms with van der Waals surface area (Å²) in [5.41, 5.74) is 2.54. The number of unbranched alkanes of at least 4 members (excludes halogenated alkanes) is 2. The van der Waals surface area contributed by atoms with Crippen LogP contribution in [0.3, 0.4) is 0 Å². The normalized spacial score (nSPS) is 10.8. The molecular weight excluding hydrogens is 314 g/mol. The first-order chi connectivity index (χ1) is 12.2. The highest BCUT2D eigenvalue weighted by atomic mass is 16.5. The molecule has 0 fully saturated rings. The van der Waals surface area contributed by atoms with Crippen LogP contribution in [0.5, 0.6) is 11.5 Å². The van der Waals surface area contributed by atoms with Gasteiger partial charge in [-0.2, -0.15) is 0 Å². The Hall–Kier alpha value is -2.82. The van der Waals surface area contributed by atoms with E-state index in [0.29, 0.717) is 11.6 Å². The van der Waals surface area contributed by atoms with Crippen LogP contribution in [-0.4, -0.2) is 22.2 Å². The van der Waals surface area contributed by atoms with Crippen LogP contribution < -0.4 is 10.1 Å². The lowest BCUT2D eigenvalue weighted by Crippen LogP contribution is -2.01. The number of fused-ring (bicyclic) bond motifs is 1. The maximum absolute atomic E-state index is 10.7. The molecule has 3 rings (SSSR count). The first kappa shape index (κ1) is 17.0. The Morgan fingerprint density at radius 3 is 2.64 bits per heavy atom. The Bertz CT molecular complexity index is 850. The number of aromatic hydroxyl groups is 1. The fourth-order valence-corrected chi connectivity index (χ4v) is 2.97. The van der Waals surface area contributed by atoms with Crippen molar-refractivity contribution in [2.45, 2.75) is 32.6 Å². The van der Waals surface area contributed by atoms with E-state index in [1.807, 2.05) is 30.3 Å². The van der Waals surface area contributed by atoms with Gasteiger partial charge in [0.05, 0.1) is 18.0 Å². The van der Waals surface area contributed by atoms with E-state index in [9.17, 15) is 5.11 Å². The third-order valence-corrected chi connectivity index (χ3v) is 4.25. The Balaban J connectivity index is 2.12. The first-order valence-corrected chi connectivity index (χ1v) is 8.60. The van der Waals surface area contributed by atoms with Crippen molar-refractivity contribution < 1.29 is 9.84 Å². The molecular formula is C20H23N3O2. The van der Waals surface area contributed by atoms with Crippen molar-refractivity contribution in [3.05, 3.63) is 48.3 Å². The SMILES string of the molecule is CCCCCc1c(O)c(OC)cc2ncnc(Nc3ccccc3)c12. The van der Waals surface area contributed by atoms with Gasteiger partial charge in [-0.05, 0) is 25.0 Å². The van der Waals surface area contributed by atoms with E-state index in [1.54, 1.807) is 13.2 Å². The first-order valence-electron chi connectivity index (χ1n) is 8.60. The summed E-state index contributed by atoms with van der Waals surface area (Å²) in [5, 5.41) is 14.9. The van der Waals surface area contributed by atoms with E-state index in [0.717, 1.165) is 47.8 Å². The number of phenolic OH excluding ortho intramolecular Hbond substituents is 1. The average Bonchev–Trinajstić information content (AvgIpc) is 2.64. The molecule has 0 atom stereocenters. The highest BCUT2D eigenvalue weighted by Crippen LogP contribution is 2.39. The van der Waals surface area contributed by atoms with Gasteiger partial charge in [-0.15, -0.1) is 0 Å². The molecule has 0 radical (unpaired) electrons. The van der Waals surface area contributed by atoms with Gasteiger partial charge in [-0.25, -0.2) is 9.97 Å². The lowest BCUT2D eigenvalue weighted by molar-refractivity contribution is 0.371. The minimum Gasteiger partial charge on any atom is -0.504 e. The van der Waals surface area contributed by atoms with Crippen molar-refractivity contribution in [1.29, 1.82) is 0 Å². The Morgan fingerprint density at radius 2 is 1.92 bits per heavy atom. The second-order valence-electron chi connectivity index (χ2n) is 5.97. The summed E-state index contributed by atoms with van der Waals surface area (Å²) in [4.78, 5) is 8.79. The third kappa shape index (κ3) is 3.65. The number of hydrogen-bond acceptors (Lipinski definition) is 5. The van der Waals surface area contributed by atoms with Crippen molar-refractivity contribution in [3.63, 3.8) is 0 Å². The number of anilines is 2. The van der Waals surface area contributed by atoms with Crippen LogP contribution >= 0.6 is 0 Å². The number of benzene rings is 2. The molecule has 5 nitrogen and oxygen atoms in total. The van der Waals surface area contributed by atoms with Crippen molar-refractivity contribution in [1.82, 2.24) is 9.97 Å². The topological polar surface area (TPSA) is 67.3 Å². The van der Waals surface area contributed by atoms with Crippen LogP contribution in [0.4, 0.5) is 11.5 Å². The number of aromatic nitrogens is 2. The number of nitrogens with one attached hydrogen (secondary N) is 1. The molecule has 130 valence electrons. The molecule has 1 heterocycles. The predicted octanol–water partition coefficient (Wildman–Crippen LogP) is 4.82. The lowest BCUT2D eigenvalue weighted by Gasteiger charge is -2.15. The van der Waals surface area contributed by atoms with E-state index >= 15 is 0 Å². The number of aryl methyl sites for hydroxylation is 1. The highest BCUT2D eigenvalue weighted by molar-refractivity contribution is 5.96. The minimum absolute atomic E-state index is 0.178. The van der Waals surface area contributed by atoms with E-state index in [2.05, 4.69) is 22.2 Å². The molecule has 25 heavy (non-hydrogen) atoms. The molecule has 2 N–H and O–H groups in total. The number of para-hydroxylation sites is 1. The van der Waals surface area contributed by atoms with Crippen molar-refractivity contribution >= 4 is 22.4 Å². The Morgan fingerprint density at radius 1 is 1.12 bits per heavy atom. The van der Waals surface area contributed by atoms with Crippen LogP contribution in [-0.2, 0) is 6.42 Å². The molecule has 3 aromatic rings. The maximum atomic E-state index is 10.7. The summed E-state index contributed by atoms with van der Waals surface area (Å²) >= 11 is 0. The molecule has 1 aromatic heterocycles. The van der Waals surface area contributed by atoms with Gasteiger partial charge in [0.2, 0.25) is 0 Å². The van der Waals surface area contributed by atoms with E-state index in [4.69, 9.17) is 4.74 Å². The molecule has 2 aromatic carbocycles. The monoisotopic (exact) mass is 337 g/mol. The molecule has 0 bridgehead atoms. The molecule has 0 amide bonds. The van der Waals surface area contributed by atoms with Crippen LogP contribution in [0.1, 0.15) is 31.7 Å². The number of methoxy groups -OCH3 is 1. The zero-order chi connectivity index (χ0) is 17.6. The Kier molecular flexibility index (Phi) is 5.33. The van der Waals surface area contributed by atoms with Gasteiger partial charge in [0.15, 0.2) is 11.5 Å². The quantitative estimate of drug-likeness (QED) is 0.605. The van der Waals surface area contributed by atoms with Crippen LogP contribution in [0.15, 0.2) is 42.7 Å². The van der Waals surface area contributed by atoms with Gasteiger partial charge < -0.3 is 15.2 Å². The maximum Gasteiger partial charge on any atom is 0.162 e. The largest absolute Gasteiger partial charge is 0.504 e. The van der Waals surface area contributed by atoms with Gasteiger partial charge in [0, 0.05) is 17.3 Å². The van der Waals surface area contributed by atoms with Crippen LogP contribution in [0, 0.1) is 0 Å². The number of nitrogens with zero attached hydrogens (tertiary/aromatic N) is 2. The summed E-state index contributed by atoms with van der Waals surface area (Å²) in [6.07, 6.45) is 5.50. The Labute approximate surface area is 147 Å². The van der Waals surface area contributed by atoms with Gasteiger partial charge in [0.25, 0.3) is 0 Å². The second kappa shape index (κ2) is 7.83. The molecule has 0 aliphatic rings. The van der Waals surface area contributed by atoms with Crippen LogP contribution in [0.25, 0.3) is 10.9 Å². The average molecular weight is 337 g/mol. The highest BCUT2D eigenvalue weighted by Gasteiger charge is 2.17. The van der Waals surface area contributed by atoms with Gasteiger partial charge >= 0.3 is 0 Å². The molecule has 5 heteroatoms. The van der Waals surface area contributed by atoms with E-state index < -0.39 is 0 Å². The lowest BCUT2D eigenvalue weighted by atomic mass is 10.0. The summed E-state index contributed by atoms with van der Waals surface area (Å²) in [6.45, 7) is 2.16. The molecule has 0 aliphatic heterocycles. The molecule has 0 spiro atoms. The zero-order valence-corrected chi connectivity index (χ0v) is 14.6. The smallest absolute Gasteiger partial charge is 0.162 e. The van der Waals surface area contributed by atoms with Crippen molar-refractivity contribution in [2.24, 2.45) is 0 Å². The third-order valence-electron chi connectivity index (χ3n) is 4.25. The predicted molar refractivity (Wildman–Crippen MR) is 101 cm³/mol. The number of ether oxygens (including phenoxy) is 1. The summed E-state index contributed by atoms with van der Waals surface area (Å²) in [7, 11) is 1.56. The number of phenols is 1. The van der Waals surface area contributed by atoms with E-state index in [-0.39, 0.29) is 5.75 Å². The zero-order valence-electron chi connectivity index (χ0n) is 14.6. The van der Waals surface area contributed by atoms with Gasteiger partial charge in [-0.3, -0.25) is 0 Å². The number of hydrogen-bond donors (Lipinski definition) is 2. The van der Waals surface area contributed by atoms with E-state index in [1.165, 1.54) is 6.33 Å². The summed E-state index contributed by atoms with van der Waals surface area (Å²) < 4.78 is 5.33. The van der Waals surface area contributed by atoms with Crippen molar-refractivity contribution in [2.75, 3.05) is 12.4 Å². The molecule has 0 saturated carbocycles. The standard InChI is InChI=1S/C20H23N3O2/c1-3-4-6-11-15-18-16(12-17(25-2)19(15)24)21-13-22-20(18)23-14-9-7-5-8-10-14/h5,7-10,12-13,24H,3-4,6,11H2,1-2H3,(H,21,22,23). The van der Waals surface area contributed by atoms with Crippen molar-refractivity contribution in [3.8, 4) is 11.5 Å².